The van der Waals surface area contributed by atoms with E-state index in [4.69, 9.17) is 24.3 Å². The van der Waals surface area contributed by atoms with Gasteiger partial charge in [0.1, 0.15) is 42.3 Å². The van der Waals surface area contributed by atoms with Crippen molar-refractivity contribution in [2.75, 3.05) is 19.1 Å². The Labute approximate surface area is 215 Å². The second kappa shape index (κ2) is 11.6. The van der Waals surface area contributed by atoms with Crippen LogP contribution in [-0.2, 0) is 38.2 Å². The third-order valence-electron chi connectivity index (χ3n) is 5.35. The minimum Gasteiger partial charge on any atom is -0.480 e. The van der Waals surface area contributed by atoms with Gasteiger partial charge in [-0.1, -0.05) is 0 Å². The Morgan fingerprint density at radius 3 is 2.68 bits per heavy atom. The molecule has 2 aromatic heterocycles. The molecule has 0 aromatic carbocycles. The van der Waals surface area contributed by atoms with Crippen molar-refractivity contribution >= 4 is 31.2 Å². The van der Waals surface area contributed by atoms with Gasteiger partial charge in [0.05, 0.1) is 18.4 Å². The van der Waals surface area contributed by atoms with Gasteiger partial charge in [-0.25, -0.2) is 23.9 Å². The van der Waals surface area contributed by atoms with E-state index in [2.05, 4.69) is 19.9 Å². The second-order valence-electron chi connectivity index (χ2n) is 8.39. The number of nitrogen functional groups attached to an aromatic ring is 1. The van der Waals surface area contributed by atoms with E-state index in [1.807, 2.05) is 6.07 Å². The minimum absolute atomic E-state index is 0.0206. The van der Waals surface area contributed by atoms with Crippen LogP contribution in [0.4, 0.5) is 10.6 Å². The summed E-state index contributed by atoms with van der Waals surface area (Å²) in [5.74, 6) is -1.32. The molecule has 208 valence electrons. The molecular formula is C20H27N6O11P. The Balaban J connectivity index is 1.78. The lowest BCUT2D eigenvalue weighted by atomic mass is 9.92. The van der Waals surface area contributed by atoms with E-state index < -0.39 is 69.3 Å². The van der Waals surface area contributed by atoms with Crippen LogP contribution in [0.25, 0.3) is 5.52 Å². The Kier molecular flexibility index (Phi) is 8.90. The number of aromatic nitrogens is 3. The number of aliphatic carboxylic acids is 1. The molecule has 0 unspecified atom stereocenters. The van der Waals surface area contributed by atoms with Gasteiger partial charge in [0, 0.05) is 0 Å². The number of nitrogens with one attached hydrogen (secondary N) is 1. The highest BCUT2D eigenvalue weighted by Crippen LogP contribution is 2.47. The molecule has 1 saturated heterocycles. The number of nitrogens with two attached hydrogens (primary N) is 1. The molecule has 2 aromatic rings. The molecule has 0 amide bonds. The molecule has 1 aliphatic heterocycles. The van der Waals surface area contributed by atoms with Gasteiger partial charge in [-0.05, 0) is 32.9 Å². The van der Waals surface area contributed by atoms with Crippen molar-refractivity contribution in [1.29, 1.82) is 5.26 Å². The molecule has 0 saturated carbocycles. The predicted molar refractivity (Wildman–Crippen MR) is 124 cm³/mol. The summed E-state index contributed by atoms with van der Waals surface area (Å²) in [5, 5.41) is 46.7. The van der Waals surface area contributed by atoms with Gasteiger partial charge in [-0.15, -0.1) is 0 Å². The van der Waals surface area contributed by atoms with Gasteiger partial charge in [0.15, 0.2) is 5.82 Å². The van der Waals surface area contributed by atoms with Crippen molar-refractivity contribution in [2.45, 2.75) is 56.8 Å². The van der Waals surface area contributed by atoms with Crippen molar-refractivity contribution in [3.8, 4) is 6.07 Å². The maximum atomic E-state index is 13.2. The molecule has 1 fully saturated rings. The Bertz CT molecular complexity index is 1270. The van der Waals surface area contributed by atoms with Crippen LogP contribution in [0, 0.1) is 11.3 Å². The Morgan fingerprint density at radius 2 is 2.05 bits per heavy atom. The van der Waals surface area contributed by atoms with Crippen LogP contribution < -0.4 is 10.8 Å². The summed E-state index contributed by atoms with van der Waals surface area (Å²) in [5.41, 5.74) is 3.99. The standard InChI is InChI=1S/C20H27N6O11P/c1-10(2)36-19(31)33-9-35-38(32,25-11(3)18(29)30)34-6-13-15(27)16(28)20(7-21,37-13)14-5-4-12-17(22)23-8-24-26(12)14/h4-5,8,10-11,13,15-16,27-28H,6,9H2,1-3H3,(H,25,32)(H,29,30)(H2,22,23,24)/t11-,13+,15+,16+,20-,38-/m0/s1. The number of fused-ring (bicyclic) bond motifs is 1. The summed E-state index contributed by atoms with van der Waals surface area (Å²) >= 11 is 0. The zero-order valence-corrected chi connectivity index (χ0v) is 21.3. The SMILES string of the molecule is CC(C)OC(=O)OCO[P@](=O)(N[C@@H](C)C(=O)O)OC[C@H]1O[C@@](C#N)(c2ccc3c(N)ncnn23)[C@H](O)[C@@H]1O. The van der Waals surface area contributed by atoms with Gasteiger partial charge >= 0.3 is 19.9 Å². The first kappa shape index (κ1) is 29.2. The van der Waals surface area contributed by atoms with Gasteiger partial charge in [-0.3, -0.25) is 13.8 Å². The van der Waals surface area contributed by atoms with Crippen molar-refractivity contribution in [1.82, 2.24) is 19.7 Å². The number of carbonyl (C=O) groups is 2. The lowest BCUT2D eigenvalue weighted by Crippen LogP contribution is -2.41. The van der Waals surface area contributed by atoms with E-state index in [1.54, 1.807) is 13.8 Å². The molecule has 1 aliphatic rings. The number of aliphatic hydroxyl groups is 2. The van der Waals surface area contributed by atoms with Crippen molar-refractivity contribution in [2.24, 2.45) is 0 Å². The zero-order valence-electron chi connectivity index (χ0n) is 20.5. The third kappa shape index (κ3) is 6.03. The molecule has 3 heterocycles. The zero-order chi connectivity index (χ0) is 28.3. The number of rotatable bonds is 11. The van der Waals surface area contributed by atoms with Gasteiger partial charge in [-0.2, -0.15) is 10.4 Å². The quantitative estimate of drug-likeness (QED) is 0.137. The van der Waals surface area contributed by atoms with E-state index in [9.17, 15) is 34.7 Å². The lowest BCUT2D eigenvalue weighted by Gasteiger charge is -2.25. The molecule has 6 atom stereocenters. The fourth-order valence-electron chi connectivity index (χ4n) is 3.50. The number of anilines is 1. The molecule has 0 spiro atoms. The number of aliphatic hydroxyl groups excluding tert-OH is 2. The average Bonchev–Trinajstić information content (AvgIpc) is 3.38. The van der Waals surface area contributed by atoms with Crippen LogP contribution in [0.5, 0.6) is 0 Å². The first-order valence-corrected chi connectivity index (χ1v) is 12.6. The minimum atomic E-state index is -4.54. The second-order valence-corrected chi connectivity index (χ2v) is 10.2. The summed E-state index contributed by atoms with van der Waals surface area (Å²) < 4.78 is 39.7. The van der Waals surface area contributed by atoms with E-state index in [-0.39, 0.29) is 11.5 Å². The fourth-order valence-corrected chi connectivity index (χ4v) is 4.84. The normalized spacial score (nSPS) is 25.6. The van der Waals surface area contributed by atoms with Gasteiger partial charge in [0.25, 0.3) is 0 Å². The Hall–Kier alpha value is -3.36. The largest absolute Gasteiger partial charge is 0.510 e. The van der Waals surface area contributed by atoms with E-state index in [0.717, 1.165) is 13.3 Å². The predicted octanol–water partition coefficient (Wildman–Crippen LogP) is -0.126. The molecule has 6 N–H and O–H groups in total. The van der Waals surface area contributed by atoms with Crippen LogP contribution in [0.3, 0.4) is 0 Å². The highest BCUT2D eigenvalue weighted by atomic mass is 31.2. The van der Waals surface area contributed by atoms with Gasteiger partial charge in [0.2, 0.25) is 12.4 Å². The molecule has 0 radical (unpaired) electrons. The topological polar surface area (TPSA) is 250 Å². The van der Waals surface area contributed by atoms with E-state index >= 15 is 0 Å². The fraction of sp³-hybridized carbons (Fsp3) is 0.550. The number of hydrogen-bond donors (Lipinski definition) is 5. The number of hydrogen-bond acceptors (Lipinski definition) is 14. The molecule has 0 aliphatic carbocycles. The molecular weight excluding hydrogens is 531 g/mol. The lowest BCUT2D eigenvalue weighted by molar-refractivity contribution is -0.138. The third-order valence-corrected chi connectivity index (χ3v) is 6.99. The van der Waals surface area contributed by atoms with Crippen molar-refractivity contribution in [3.05, 3.63) is 24.2 Å². The summed E-state index contributed by atoms with van der Waals surface area (Å²) in [6.45, 7) is 2.57. The molecule has 3 rings (SSSR count). The smallest absolute Gasteiger partial charge is 0.480 e. The molecule has 18 heteroatoms. The first-order valence-electron chi connectivity index (χ1n) is 11.1. The number of carboxylic acids is 1. The maximum absolute atomic E-state index is 13.2. The van der Waals surface area contributed by atoms with E-state index in [0.29, 0.717) is 5.52 Å². The van der Waals surface area contributed by atoms with Crippen LogP contribution in [0.1, 0.15) is 26.5 Å². The number of ether oxygens (including phenoxy) is 3. The van der Waals surface area contributed by atoms with Crippen LogP contribution in [0.2, 0.25) is 0 Å². The number of nitriles is 1. The van der Waals surface area contributed by atoms with Crippen molar-refractivity contribution < 1.29 is 52.7 Å². The van der Waals surface area contributed by atoms with Crippen LogP contribution in [-0.4, -0.2) is 85.9 Å². The first-order chi connectivity index (χ1) is 17.8. The maximum Gasteiger partial charge on any atom is 0.510 e. The molecule has 17 nitrogen and oxygen atoms in total. The number of carboxylic acid groups (broad SMARTS) is 1. The van der Waals surface area contributed by atoms with Crippen molar-refractivity contribution in [3.63, 3.8) is 0 Å². The van der Waals surface area contributed by atoms with E-state index in [1.165, 1.54) is 16.6 Å². The monoisotopic (exact) mass is 558 g/mol. The summed E-state index contributed by atoms with van der Waals surface area (Å²) in [4.78, 5) is 26.7. The summed E-state index contributed by atoms with van der Waals surface area (Å²) in [6.07, 6.45) is -5.54. The number of nitrogens with zero attached hydrogens (tertiary/aromatic N) is 4. The molecule has 0 bridgehead atoms. The Morgan fingerprint density at radius 1 is 1.34 bits per heavy atom. The highest BCUT2D eigenvalue weighted by molar-refractivity contribution is 7.51. The summed E-state index contributed by atoms with van der Waals surface area (Å²) in [6, 6.07) is 3.28. The van der Waals surface area contributed by atoms with Gasteiger partial charge < -0.3 is 35.3 Å². The van der Waals surface area contributed by atoms with Crippen LogP contribution in [0.15, 0.2) is 18.5 Å². The summed E-state index contributed by atoms with van der Waals surface area (Å²) in [7, 11) is -4.54. The van der Waals surface area contributed by atoms with Crippen LogP contribution >= 0.6 is 7.75 Å². The number of carbonyl (C=O) groups excluding carboxylic acids is 1. The molecule has 38 heavy (non-hydrogen) atoms. The highest BCUT2D eigenvalue weighted by Gasteiger charge is 2.58. The average molecular weight is 558 g/mol.